The van der Waals surface area contributed by atoms with Crippen molar-refractivity contribution < 1.29 is 80.2 Å². The molecule has 0 aromatic heterocycles. The molecular formula is C72H140O17P2. The molecule has 3 N–H and O–H groups in total. The van der Waals surface area contributed by atoms with Crippen molar-refractivity contribution in [2.45, 2.75) is 387 Å². The molecule has 19 heteroatoms. The fraction of sp³-hybridized carbons (Fsp3) is 0.944. The number of ether oxygens (including phenoxy) is 4. The maximum atomic E-state index is 13.0. The molecule has 91 heavy (non-hydrogen) atoms. The molecule has 0 amide bonds. The summed E-state index contributed by atoms with van der Waals surface area (Å²) >= 11 is 0. The second kappa shape index (κ2) is 64.1. The number of carbonyl (C=O) groups excluding carboxylic acids is 4. The van der Waals surface area contributed by atoms with Crippen molar-refractivity contribution >= 4 is 39.5 Å². The van der Waals surface area contributed by atoms with Crippen LogP contribution in [0.1, 0.15) is 369 Å². The van der Waals surface area contributed by atoms with Crippen LogP contribution >= 0.6 is 15.6 Å². The lowest BCUT2D eigenvalue weighted by atomic mass is 9.99. The van der Waals surface area contributed by atoms with Gasteiger partial charge in [-0.15, -0.1) is 0 Å². The van der Waals surface area contributed by atoms with Gasteiger partial charge in [-0.1, -0.05) is 318 Å². The number of phosphoric ester groups is 2. The van der Waals surface area contributed by atoms with E-state index in [-0.39, 0.29) is 25.7 Å². The maximum Gasteiger partial charge on any atom is 0.472 e. The second-order valence-corrected chi connectivity index (χ2v) is 29.6. The van der Waals surface area contributed by atoms with Crippen LogP contribution in [0.2, 0.25) is 0 Å². The second-order valence-electron chi connectivity index (χ2n) is 26.7. The summed E-state index contributed by atoms with van der Waals surface area (Å²) in [6.45, 7) is 9.55. The van der Waals surface area contributed by atoms with Crippen molar-refractivity contribution in [3.05, 3.63) is 0 Å². The monoisotopic (exact) mass is 1340 g/mol. The van der Waals surface area contributed by atoms with E-state index in [2.05, 4.69) is 41.5 Å². The first-order chi connectivity index (χ1) is 43.9. The van der Waals surface area contributed by atoms with E-state index in [9.17, 15) is 43.2 Å². The van der Waals surface area contributed by atoms with Crippen molar-refractivity contribution in [2.75, 3.05) is 39.6 Å². The summed E-state index contributed by atoms with van der Waals surface area (Å²) in [6, 6.07) is 0. The van der Waals surface area contributed by atoms with Crippen molar-refractivity contribution in [1.82, 2.24) is 0 Å². The van der Waals surface area contributed by atoms with Gasteiger partial charge in [0.05, 0.1) is 26.4 Å². The van der Waals surface area contributed by atoms with Crippen LogP contribution in [-0.4, -0.2) is 96.7 Å². The Morgan fingerprint density at radius 3 is 0.835 bits per heavy atom. The van der Waals surface area contributed by atoms with Crippen LogP contribution in [0.4, 0.5) is 0 Å². The smallest absolute Gasteiger partial charge is 0.462 e. The first-order valence-electron chi connectivity index (χ1n) is 37.5. The molecule has 0 rings (SSSR count). The molecule has 0 aliphatic carbocycles. The summed E-state index contributed by atoms with van der Waals surface area (Å²) in [7, 11) is -9.89. The SMILES string of the molecule is CCCCCCCCCCCCCCCC(=O)O[C@H](COC(=O)CCCCCCC)COP(=O)(O)OC[C@H](O)COP(=O)(O)OC[C@@H](COC(=O)CCCCCCCCCCCCCCC(C)C)OC(=O)CCCCCCCCCCCCCCCCC(C)CC. The number of aliphatic hydroxyl groups excluding tert-OH is 1. The number of hydrogen-bond donors (Lipinski definition) is 3. The quantitative estimate of drug-likeness (QED) is 0.0222. The van der Waals surface area contributed by atoms with Crippen LogP contribution in [0.25, 0.3) is 0 Å². The highest BCUT2D eigenvalue weighted by Gasteiger charge is 2.30. The van der Waals surface area contributed by atoms with Crippen LogP contribution < -0.4 is 0 Å². The summed E-state index contributed by atoms with van der Waals surface area (Å²) in [4.78, 5) is 72.4. The standard InChI is InChI=1S/C72H140O17P2/c1-7-10-12-14-15-16-17-20-28-33-38-44-50-56-71(76)88-67(60-82-69(74)54-48-40-13-11-8-2)62-86-90(78,79)84-58-66(73)59-85-91(80,81)87-63-68(61-83-70(75)55-49-43-37-32-27-24-23-25-30-35-41-46-52-64(4)5)89-72(77)57-51-45-39-34-29-22-19-18-21-26-31-36-42-47-53-65(6)9-3/h64-68,73H,7-63H2,1-6H3,(H,78,79)(H,80,81)/t65?,66-,67+,68+/m0/s1. The largest absolute Gasteiger partial charge is 0.472 e. The van der Waals surface area contributed by atoms with Gasteiger partial charge in [0.1, 0.15) is 19.3 Å². The third-order valence-corrected chi connectivity index (χ3v) is 19.0. The number of hydrogen-bond acceptors (Lipinski definition) is 15. The minimum Gasteiger partial charge on any atom is -0.462 e. The highest BCUT2D eigenvalue weighted by molar-refractivity contribution is 7.47. The minimum absolute atomic E-state index is 0.107. The van der Waals surface area contributed by atoms with Gasteiger partial charge in [-0.3, -0.25) is 37.3 Å². The average molecular weight is 1340 g/mol. The molecule has 0 spiro atoms. The summed E-state index contributed by atoms with van der Waals surface area (Å²) < 4.78 is 68.2. The summed E-state index contributed by atoms with van der Waals surface area (Å²) in [6.07, 6.45) is 50.2. The van der Waals surface area contributed by atoms with Gasteiger partial charge in [-0.25, -0.2) is 9.13 Å². The highest BCUT2D eigenvalue weighted by atomic mass is 31.2. The van der Waals surface area contributed by atoms with Gasteiger partial charge < -0.3 is 33.8 Å². The average Bonchev–Trinajstić information content (AvgIpc) is 3.70. The van der Waals surface area contributed by atoms with Gasteiger partial charge in [0.25, 0.3) is 0 Å². The van der Waals surface area contributed by atoms with Crippen LogP contribution in [0.5, 0.6) is 0 Å². The van der Waals surface area contributed by atoms with E-state index in [0.717, 1.165) is 108 Å². The molecule has 0 aliphatic rings. The Balaban J connectivity index is 5.16. The fourth-order valence-corrected chi connectivity index (χ4v) is 12.5. The van der Waals surface area contributed by atoms with Gasteiger partial charge in [0.2, 0.25) is 0 Å². The van der Waals surface area contributed by atoms with E-state index < -0.39 is 97.5 Å². The number of phosphoric acid groups is 2. The van der Waals surface area contributed by atoms with E-state index in [1.165, 1.54) is 180 Å². The van der Waals surface area contributed by atoms with Crippen molar-refractivity contribution in [2.24, 2.45) is 11.8 Å². The first kappa shape index (κ1) is 89.1. The molecule has 0 fully saturated rings. The van der Waals surface area contributed by atoms with Crippen molar-refractivity contribution in [3.63, 3.8) is 0 Å². The Labute approximate surface area is 556 Å². The lowest BCUT2D eigenvalue weighted by Gasteiger charge is -2.21. The Morgan fingerprint density at radius 2 is 0.560 bits per heavy atom. The molecule has 0 bridgehead atoms. The number of aliphatic hydroxyl groups is 1. The normalized spacial score (nSPS) is 14.4. The first-order valence-corrected chi connectivity index (χ1v) is 40.5. The van der Waals surface area contributed by atoms with Gasteiger partial charge >= 0.3 is 39.5 Å². The molecule has 6 atom stereocenters. The van der Waals surface area contributed by atoms with Gasteiger partial charge in [0.15, 0.2) is 12.2 Å². The summed E-state index contributed by atoms with van der Waals surface area (Å²) in [5.74, 6) is -0.503. The summed E-state index contributed by atoms with van der Waals surface area (Å²) in [5.41, 5.74) is 0. The van der Waals surface area contributed by atoms with Gasteiger partial charge in [0, 0.05) is 25.7 Å². The molecule has 0 aromatic rings. The Morgan fingerprint density at radius 1 is 0.319 bits per heavy atom. The third-order valence-electron chi connectivity index (χ3n) is 17.1. The zero-order valence-electron chi connectivity index (χ0n) is 59.1. The van der Waals surface area contributed by atoms with Gasteiger partial charge in [-0.2, -0.15) is 0 Å². The molecular weight excluding hydrogens is 1200 g/mol. The zero-order chi connectivity index (χ0) is 67.2. The minimum atomic E-state index is -4.95. The Bertz CT molecular complexity index is 1770. The predicted octanol–water partition coefficient (Wildman–Crippen LogP) is 20.8. The number of rotatable bonds is 71. The van der Waals surface area contributed by atoms with Crippen LogP contribution in [0.15, 0.2) is 0 Å². The molecule has 0 aliphatic heterocycles. The van der Waals surface area contributed by atoms with Gasteiger partial charge in [-0.05, 0) is 37.5 Å². The predicted molar refractivity (Wildman–Crippen MR) is 368 cm³/mol. The van der Waals surface area contributed by atoms with Crippen molar-refractivity contribution in [1.29, 1.82) is 0 Å². The van der Waals surface area contributed by atoms with E-state index in [4.69, 9.17) is 37.0 Å². The molecule has 0 aromatic carbocycles. The number of unbranched alkanes of at least 4 members (excludes halogenated alkanes) is 40. The molecule has 0 heterocycles. The Hall–Kier alpha value is -1.94. The van der Waals surface area contributed by atoms with Crippen LogP contribution in [0, 0.1) is 11.8 Å². The molecule has 17 nitrogen and oxygen atoms in total. The van der Waals surface area contributed by atoms with E-state index >= 15 is 0 Å². The highest BCUT2D eigenvalue weighted by Crippen LogP contribution is 2.45. The van der Waals surface area contributed by atoms with Crippen LogP contribution in [-0.2, 0) is 65.4 Å². The third kappa shape index (κ3) is 65.1. The Kier molecular flexibility index (Phi) is 62.7. The summed E-state index contributed by atoms with van der Waals surface area (Å²) in [5, 5.41) is 10.6. The fourth-order valence-electron chi connectivity index (χ4n) is 10.9. The van der Waals surface area contributed by atoms with Crippen molar-refractivity contribution in [3.8, 4) is 0 Å². The lowest BCUT2D eigenvalue weighted by molar-refractivity contribution is -0.161. The number of carbonyl (C=O) groups is 4. The molecule has 540 valence electrons. The topological polar surface area (TPSA) is 237 Å². The molecule has 0 saturated carbocycles. The van der Waals surface area contributed by atoms with E-state index in [0.29, 0.717) is 25.7 Å². The lowest BCUT2D eigenvalue weighted by Crippen LogP contribution is -2.30. The van der Waals surface area contributed by atoms with E-state index in [1.807, 2.05) is 0 Å². The molecule has 0 saturated heterocycles. The molecule has 3 unspecified atom stereocenters. The number of esters is 4. The van der Waals surface area contributed by atoms with Crippen LogP contribution in [0.3, 0.4) is 0 Å². The van der Waals surface area contributed by atoms with E-state index in [1.54, 1.807) is 0 Å². The molecule has 0 radical (unpaired) electrons. The zero-order valence-corrected chi connectivity index (χ0v) is 60.9. The maximum absolute atomic E-state index is 13.0.